The molecule has 0 spiro atoms. The number of ether oxygens (including phenoxy) is 1. The second-order valence-electron chi connectivity index (χ2n) is 10.3. The van der Waals surface area contributed by atoms with Crippen LogP contribution in [0.4, 0.5) is 11.4 Å². The summed E-state index contributed by atoms with van der Waals surface area (Å²) in [5, 5.41) is 7.07. The summed E-state index contributed by atoms with van der Waals surface area (Å²) in [5.74, 6) is 0.415. The molecule has 1 aliphatic heterocycles. The van der Waals surface area contributed by atoms with Gasteiger partial charge in [0.2, 0.25) is 0 Å². The quantitative estimate of drug-likeness (QED) is 0.170. The number of aryl methyl sites for hydroxylation is 1. The molecule has 1 fully saturated rings. The van der Waals surface area contributed by atoms with Gasteiger partial charge in [-0.25, -0.2) is 0 Å². The average Bonchev–Trinajstić information content (AvgIpc) is 3.52. The maximum atomic E-state index is 12.5. The Bertz CT molecular complexity index is 1760. The van der Waals surface area contributed by atoms with Gasteiger partial charge in [-0.05, 0) is 114 Å². The topological polar surface area (TPSA) is 71.4 Å². The van der Waals surface area contributed by atoms with E-state index in [0.29, 0.717) is 16.5 Å². The van der Waals surface area contributed by atoms with Gasteiger partial charge in [-0.15, -0.1) is 0 Å². The second kappa shape index (κ2) is 12.4. The Morgan fingerprint density at radius 2 is 1.70 bits per heavy atom. The van der Waals surface area contributed by atoms with Gasteiger partial charge in [-0.2, -0.15) is 0 Å². The van der Waals surface area contributed by atoms with Crippen LogP contribution in [0.25, 0.3) is 5.69 Å². The number of thiocarbonyl (C=S) groups is 1. The molecule has 7 nitrogen and oxygen atoms in total. The van der Waals surface area contributed by atoms with Crippen molar-refractivity contribution in [2.75, 3.05) is 16.8 Å². The molecular formula is C34H30BrN5O2S. The molecule has 0 aliphatic carbocycles. The molecule has 216 valence electrons. The van der Waals surface area contributed by atoms with Crippen LogP contribution in [0.2, 0.25) is 0 Å². The van der Waals surface area contributed by atoms with Crippen LogP contribution in [0, 0.1) is 13.8 Å². The number of hydrogen-bond acceptors (Lipinski definition) is 4. The number of nitrogens with zero attached hydrogens (tertiary/aromatic N) is 3. The van der Waals surface area contributed by atoms with Crippen molar-refractivity contribution < 1.29 is 9.53 Å². The molecule has 0 bridgehead atoms. The van der Waals surface area contributed by atoms with Gasteiger partial charge < -0.3 is 24.8 Å². The predicted molar refractivity (Wildman–Crippen MR) is 178 cm³/mol. The number of carbonyl (C=O) groups is 1. The monoisotopic (exact) mass is 651 g/mol. The molecule has 43 heavy (non-hydrogen) atoms. The fourth-order valence-electron chi connectivity index (χ4n) is 5.61. The van der Waals surface area contributed by atoms with Crippen LogP contribution >= 0.6 is 28.1 Å². The van der Waals surface area contributed by atoms with Gasteiger partial charge >= 0.3 is 0 Å². The van der Waals surface area contributed by atoms with Crippen molar-refractivity contribution in [1.82, 2.24) is 14.9 Å². The predicted octanol–water partition coefficient (Wildman–Crippen LogP) is 7.45. The molecule has 1 saturated heterocycles. The lowest BCUT2D eigenvalue weighted by atomic mass is 9.96. The Kier molecular flexibility index (Phi) is 8.26. The summed E-state index contributed by atoms with van der Waals surface area (Å²) in [4.78, 5) is 19.4. The first-order chi connectivity index (χ1) is 20.9. The van der Waals surface area contributed by atoms with Crippen LogP contribution in [-0.4, -0.2) is 27.2 Å². The molecule has 9 heteroatoms. The SMILES string of the molecule is Cc1cc([C@H]2[C@@H](c3ccccn3)NC(=S)N2c2ccc(NC(=O)COc3ccccc3)cc2)c(C)n1-c1ccccc1Br. The summed E-state index contributed by atoms with van der Waals surface area (Å²) in [6.07, 6.45) is 1.81. The van der Waals surface area contributed by atoms with Gasteiger partial charge in [0.25, 0.3) is 5.91 Å². The van der Waals surface area contributed by atoms with E-state index >= 15 is 0 Å². The van der Waals surface area contributed by atoms with Crippen molar-refractivity contribution in [2.45, 2.75) is 25.9 Å². The zero-order valence-electron chi connectivity index (χ0n) is 23.7. The van der Waals surface area contributed by atoms with E-state index in [4.69, 9.17) is 21.9 Å². The molecule has 3 heterocycles. The first-order valence-electron chi connectivity index (χ1n) is 13.9. The van der Waals surface area contributed by atoms with E-state index in [9.17, 15) is 4.79 Å². The van der Waals surface area contributed by atoms with E-state index < -0.39 is 0 Å². The smallest absolute Gasteiger partial charge is 0.262 e. The molecular weight excluding hydrogens is 622 g/mol. The van der Waals surface area contributed by atoms with Crippen molar-refractivity contribution in [3.8, 4) is 11.4 Å². The van der Waals surface area contributed by atoms with Gasteiger partial charge in [0.1, 0.15) is 5.75 Å². The Morgan fingerprint density at radius 3 is 2.42 bits per heavy atom. The van der Waals surface area contributed by atoms with E-state index in [0.717, 1.165) is 38.5 Å². The number of nitrogens with one attached hydrogen (secondary N) is 2. The lowest BCUT2D eigenvalue weighted by Gasteiger charge is -2.28. The Balaban J connectivity index is 1.31. The van der Waals surface area contributed by atoms with Crippen molar-refractivity contribution in [1.29, 1.82) is 0 Å². The third-order valence-electron chi connectivity index (χ3n) is 7.52. The molecule has 1 aliphatic rings. The van der Waals surface area contributed by atoms with Crippen LogP contribution in [0.3, 0.4) is 0 Å². The van der Waals surface area contributed by atoms with Gasteiger partial charge in [0.15, 0.2) is 11.7 Å². The van der Waals surface area contributed by atoms with E-state index in [2.05, 4.69) is 68.1 Å². The molecule has 2 N–H and O–H groups in total. The summed E-state index contributed by atoms with van der Waals surface area (Å²) >= 11 is 9.68. The number of amides is 1. The number of rotatable bonds is 8. The number of aromatic nitrogens is 2. The van der Waals surface area contributed by atoms with Crippen LogP contribution in [-0.2, 0) is 4.79 Å². The van der Waals surface area contributed by atoms with Crippen molar-refractivity contribution >= 4 is 50.5 Å². The number of halogens is 1. The molecule has 2 atom stereocenters. The molecule has 6 rings (SSSR count). The lowest BCUT2D eigenvalue weighted by molar-refractivity contribution is -0.118. The third kappa shape index (κ3) is 5.91. The highest BCUT2D eigenvalue weighted by Crippen LogP contribution is 2.44. The Hall–Kier alpha value is -4.47. The van der Waals surface area contributed by atoms with Crippen LogP contribution in [0.15, 0.2) is 114 Å². The Labute approximate surface area is 264 Å². The zero-order chi connectivity index (χ0) is 29.9. The summed E-state index contributed by atoms with van der Waals surface area (Å²) in [6.45, 7) is 4.19. The highest BCUT2D eigenvalue weighted by molar-refractivity contribution is 9.10. The molecule has 0 radical (unpaired) electrons. The molecule has 5 aromatic rings. The summed E-state index contributed by atoms with van der Waals surface area (Å²) in [6, 6.07) is 33.1. The van der Waals surface area contributed by atoms with Gasteiger partial charge in [-0.3, -0.25) is 9.78 Å². The average molecular weight is 653 g/mol. The highest BCUT2D eigenvalue weighted by Gasteiger charge is 2.42. The van der Waals surface area contributed by atoms with Crippen molar-refractivity contribution in [3.05, 3.63) is 136 Å². The highest BCUT2D eigenvalue weighted by atomic mass is 79.9. The maximum Gasteiger partial charge on any atom is 0.262 e. The maximum absolute atomic E-state index is 12.5. The lowest BCUT2D eigenvalue weighted by Crippen LogP contribution is -2.29. The van der Waals surface area contributed by atoms with Gasteiger partial charge in [0.05, 0.1) is 23.5 Å². The standard InChI is InChI=1S/C34H30BrN5O2S/c1-22-20-27(23(2)39(22)30-14-7-6-12-28(30)35)33-32(29-13-8-9-19-36-29)38-34(43)40(33)25-17-15-24(16-18-25)37-31(41)21-42-26-10-4-3-5-11-26/h3-20,32-33H,21H2,1-2H3,(H,37,41)(H,38,43)/t32-,33+/m1/s1. The minimum atomic E-state index is -0.234. The molecule has 1 amide bonds. The first kappa shape index (κ1) is 28.6. The molecule has 0 unspecified atom stereocenters. The van der Waals surface area contributed by atoms with E-state index in [1.54, 1.807) is 0 Å². The van der Waals surface area contributed by atoms with E-state index in [1.165, 1.54) is 0 Å². The number of carbonyl (C=O) groups excluding carboxylic acids is 1. The number of benzene rings is 3. The molecule has 3 aromatic carbocycles. The molecule has 0 saturated carbocycles. The molecule has 2 aromatic heterocycles. The number of pyridine rings is 1. The zero-order valence-corrected chi connectivity index (χ0v) is 26.1. The fourth-order valence-corrected chi connectivity index (χ4v) is 6.42. The van der Waals surface area contributed by atoms with Crippen molar-refractivity contribution in [2.24, 2.45) is 0 Å². The fraction of sp³-hybridized carbons (Fsp3) is 0.147. The van der Waals surface area contributed by atoms with Gasteiger partial charge in [-0.1, -0.05) is 36.4 Å². The first-order valence-corrected chi connectivity index (χ1v) is 15.1. The Morgan fingerprint density at radius 1 is 0.977 bits per heavy atom. The normalized spacial score (nSPS) is 16.2. The number of para-hydroxylation sites is 2. The van der Waals surface area contributed by atoms with E-state index in [-0.39, 0.29) is 24.6 Å². The van der Waals surface area contributed by atoms with Crippen LogP contribution in [0.5, 0.6) is 5.75 Å². The van der Waals surface area contributed by atoms with Crippen LogP contribution in [0.1, 0.15) is 34.7 Å². The van der Waals surface area contributed by atoms with E-state index in [1.807, 2.05) is 91.1 Å². The summed E-state index contributed by atoms with van der Waals surface area (Å²) < 4.78 is 8.87. The minimum Gasteiger partial charge on any atom is -0.484 e. The number of hydrogen-bond donors (Lipinski definition) is 2. The van der Waals surface area contributed by atoms with Crippen molar-refractivity contribution in [3.63, 3.8) is 0 Å². The minimum absolute atomic E-state index is 0.0765. The largest absolute Gasteiger partial charge is 0.484 e. The summed E-state index contributed by atoms with van der Waals surface area (Å²) in [7, 11) is 0. The third-order valence-corrected chi connectivity index (χ3v) is 8.51. The number of anilines is 2. The van der Waals surface area contributed by atoms with Crippen LogP contribution < -0.4 is 20.3 Å². The van der Waals surface area contributed by atoms with Gasteiger partial charge in [0, 0.05) is 33.4 Å². The summed E-state index contributed by atoms with van der Waals surface area (Å²) in [5.41, 5.74) is 6.95. The second-order valence-corrected chi connectivity index (χ2v) is 11.5.